The van der Waals surface area contributed by atoms with Crippen LogP contribution in [0.5, 0.6) is 0 Å². The molecule has 0 bridgehead atoms. The molecule has 0 saturated carbocycles. The van der Waals surface area contributed by atoms with E-state index < -0.39 is 0 Å². The second kappa shape index (κ2) is 6.61. The van der Waals surface area contributed by atoms with Gasteiger partial charge < -0.3 is 25.0 Å². The number of aromatic nitrogens is 3. The van der Waals surface area contributed by atoms with E-state index in [1.807, 2.05) is 6.07 Å². The highest BCUT2D eigenvalue weighted by atomic mass is 16.5. The van der Waals surface area contributed by atoms with Crippen LogP contribution < -0.4 is 15.5 Å². The molecular weight excluding hydrogens is 320 g/mol. The average Bonchev–Trinajstić information content (AvgIpc) is 2.60. The maximum atomic E-state index is 5.89. The molecule has 4 heterocycles. The second-order valence-corrected chi connectivity index (χ2v) is 6.72. The van der Waals surface area contributed by atoms with Crippen molar-refractivity contribution in [2.75, 3.05) is 54.9 Å². The summed E-state index contributed by atoms with van der Waals surface area (Å²) in [6.45, 7) is 8.70. The fraction of sp³-hybridized carbons (Fsp3) is 0.588. The summed E-state index contributed by atoms with van der Waals surface area (Å²) in [5.41, 5.74) is 6.52. The summed E-state index contributed by atoms with van der Waals surface area (Å²) in [6.07, 6.45) is 0.285. The van der Waals surface area contributed by atoms with Gasteiger partial charge in [0.25, 0.3) is 0 Å². The molecule has 0 aliphatic carbocycles. The number of nitrogens with two attached hydrogens (primary N) is 1. The summed E-state index contributed by atoms with van der Waals surface area (Å²) in [4.78, 5) is 18.4. The van der Waals surface area contributed by atoms with Gasteiger partial charge in [0, 0.05) is 26.2 Å². The second-order valence-electron chi connectivity index (χ2n) is 6.72. The predicted octanol–water partition coefficient (Wildman–Crippen LogP) is 1.06. The Balaban J connectivity index is 1.79. The maximum absolute atomic E-state index is 5.89. The van der Waals surface area contributed by atoms with Crippen LogP contribution in [0, 0.1) is 0 Å². The van der Waals surface area contributed by atoms with E-state index in [0.29, 0.717) is 30.6 Å². The van der Waals surface area contributed by atoms with Crippen LogP contribution in [0.3, 0.4) is 0 Å². The lowest BCUT2D eigenvalue weighted by Crippen LogP contribution is -2.46. The summed E-state index contributed by atoms with van der Waals surface area (Å²) in [5.74, 6) is 2.06. The first kappa shape index (κ1) is 16.3. The van der Waals surface area contributed by atoms with Gasteiger partial charge in [0.05, 0.1) is 30.8 Å². The molecule has 2 atom stereocenters. The minimum atomic E-state index is 0.142. The van der Waals surface area contributed by atoms with E-state index in [0.717, 1.165) is 37.4 Å². The molecule has 2 saturated heterocycles. The Morgan fingerprint density at radius 1 is 1.00 bits per heavy atom. The molecule has 0 radical (unpaired) electrons. The minimum Gasteiger partial charge on any atom is -0.384 e. The monoisotopic (exact) mass is 344 g/mol. The number of fused-ring (bicyclic) bond motifs is 1. The molecule has 0 aromatic carbocycles. The Morgan fingerprint density at radius 3 is 2.44 bits per heavy atom. The number of morpholine rings is 2. The number of pyridine rings is 1. The molecule has 2 fully saturated rings. The van der Waals surface area contributed by atoms with Crippen molar-refractivity contribution in [3.05, 3.63) is 12.1 Å². The molecule has 2 N–H and O–H groups in total. The van der Waals surface area contributed by atoms with Gasteiger partial charge in [-0.15, -0.1) is 0 Å². The largest absolute Gasteiger partial charge is 0.384 e. The van der Waals surface area contributed by atoms with E-state index >= 15 is 0 Å². The maximum Gasteiger partial charge on any atom is 0.229 e. The summed E-state index contributed by atoms with van der Waals surface area (Å²) >= 11 is 0. The van der Waals surface area contributed by atoms with E-state index in [9.17, 15) is 0 Å². The quantitative estimate of drug-likeness (QED) is 0.865. The summed E-state index contributed by atoms with van der Waals surface area (Å²) < 4.78 is 11.3. The van der Waals surface area contributed by atoms with Crippen molar-refractivity contribution in [2.24, 2.45) is 0 Å². The van der Waals surface area contributed by atoms with Crippen LogP contribution >= 0.6 is 0 Å². The third-order valence-corrected chi connectivity index (χ3v) is 4.56. The third-order valence-electron chi connectivity index (χ3n) is 4.56. The Hall–Kier alpha value is -2.19. The number of ether oxygens (including phenoxy) is 2. The zero-order valence-corrected chi connectivity index (χ0v) is 14.7. The molecule has 0 amide bonds. The number of nitrogens with zero attached hydrogens (tertiary/aromatic N) is 5. The van der Waals surface area contributed by atoms with Crippen molar-refractivity contribution in [1.82, 2.24) is 15.0 Å². The molecule has 25 heavy (non-hydrogen) atoms. The highest BCUT2D eigenvalue weighted by molar-refractivity contribution is 5.89. The van der Waals surface area contributed by atoms with Crippen LogP contribution in [0.2, 0.25) is 0 Å². The summed E-state index contributed by atoms with van der Waals surface area (Å²) in [7, 11) is 0. The van der Waals surface area contributed by atoms with Crippen molar-refractivity contribution < 1.29 is 9.47 Å². The van der Waals surface area contributed by atoms with Gasteiger partial charge in [-0.2, -0.15) is 9.97 Å². The van der Waals surface area contributed by atoms with E-state index in [1.165, 1.54) is 0 Å². The van der Waals surface area contributed by atoms with E-state index in [-0.39, 0.29) is 12.2 Å². The van der Waals surface area contributed by atoms with Crippen LogP contribution in [0.25, 0.3) is 11.0 Å². The number of rotatable bonds is 2. The molecular formula is C17H24N6O2. The molecule has 0 spiro atoms. The predicted molar refractivity (Wildman–Crippen MR) is 97.0 cm³/mol. The Morgan fingerprint density at radius 2 is 1.72 bits per heavy atom. The lowest BCUT2D eigenvalue weighted by Gasteiger charge is -2.36. The van der Waals surface area contributed by atoms with E-state index in [1.54, 1.807) is 6.07 Å². The van der Waals surface area contributed by atoms with Gasteiger partial charge >= 0.3 is 0 Å². The molecule has 4 rings (SSSR count). The van der Waals surface area contributed by atoms with E-state index in [2.05, 4.69) is 28.6 Å². The lowest BCUT2D eigenvalue weighted by atomic mass is 10.2. The molecule has 2 aliphatic heterocycles. The van der Waals surface area contributed by atoms with Gasteiger partial charge in [-0.1, -0.05) is 0 Å². The Labute approximate surface area is 146 Å². The van der Waals surface area contributed by atoms with Crippen molar-refractivity contribution in [3.8, 4) is 0 Å². The fourth-order valence-electron chi connectivity index (χ4n) is 3.50. The highest BCUT2D eigenvalue weighted by Gasteiger charge is 2.26. The number of hydrogen-bond donors (Lipinski definition) is 1. The lowest BCUT2D eigenvalue weighted by molar-refractivity contribution is -0.00570. The van der Waals surface area contributed by atoms with Gasteiger partial charge in [-0.05, 0) is 26.0 Å². The highest BCUT2D eigenvalue weighted by Crippen LogP contribution is 2.28. The molecule has 2 aliphatic rings. The van der Waals surface area contributed by atoms with Crippen LogP contribution in [0.4, 0.5) is 17.6 Å². The zero-order valence-electron chi connectivity index (χ0n) is 14.7. The van der Waals surface area contributed by atoms with Gasteiger partial charge in [0.15, 0.2) is 5.65 Å². The topological polar surface area (TPSA) is 89.6 Å². The zero-order chi connectivity index (χ0) is 17.4. The van der Waals surface area contributed by atoms with Gasteiger partial charge in [-0.3, -0.25) is 0 Å². The summed E-state index contributed by atoms with van der Waals surface area (Å²) in [5, 5.41) is 0.925. The van der Waals surface area contributed by atoms with Crippen LogP contribution in [0.15, 0.2) is 12.1 Å². The molecule has 134 valence electrons. The van der Waals surface area contributed by atoms with Crippen molar-refractivity contribution in [2.45, 2.75) is 26.1 Å². The molecule has 8 heteroatoms. The smallest absolute Gasteiger partial charge is 0.229 e. The van der Waals surface area contributed by atoms with Gasteiger partial charge in [-0.25, -0.2) is 4.98 Å². The Kier molecular flexibility index (Phi) is 4.30. The van der Waals surface area contributed by atoms with Crippen LogP contribution in [-0.2, 0) is 9.47 Å². The summed E-state index contributed by atoms with van der Waals surface area (Å²) in [6, 6.07) is 3.75. The molecule has 8 nitrogen and oxygen atoms in total. The standard InChI is InChI=1S/C17H24N6O2/c1-11-9-23(10-12(2)25-11)17-20-15-13(3-4-14(18)19-15)16(21-17)22-5-7-24-8-6-22/h3-4,11-12H,5-10H2,1-2H3,(H2,18,19,20,21). The molecule has 2 aromatic heterocycles. The number of anilines is 3. The number of nitrogen functional groups attached to an aromatic ring is 1. The minimum absolute atomic E-state index is 0.142. The SMILES string of the molecule is CC1CN(c2nc(N3CCOCC3)c3ccc(N)nc3n2)CC(C)O1. The third kappa shape index (κ3) is 3.32. The molecule has 2 unspecified atom stereocenters. The van der Waals surface area contributed by atoms with Crippen LogP contribution in [0.1, 0.15) is 13.8 Å². The average molecular weight is 344 g/mol. The van der Waals surface area contributed by atoms with Crippen molar-refractivity contribution in [1.29, 1.82) is 0 Å². The first-order chi connectivity index (χ1) is 12.1. The normalized spacial score (nSPS) is 24.7. The van der Waals surface area contributed by atoms with Crippen molar-refractivity contribution >= 4 is 28.6 Å². The Bertz CT molecular complexity index is 754. The first-order valence-corrected chi connectivity index (χ1v) is 8.77. The van der Waals surface area contributed by atoms with E-state index in [4.69, 9.17) is 25.2 Å². The van der Waals surface area contributed by atoms with Gasteiger partial charge in [0.1, 0.15) is 11.6 Å². The van der Waals surface area contributed by atoms with Gasteiger partial charge in [0.2, 0.25) is 5.95 Å². The van der Waals surface area contributed by atoms with Crippen molar-refractivity contribution in [3.63, 3.8) is 0 Å². The van der Waals surface area contributed by atoms with Crippen LogP contribution in [-0.4, -0.2) is 66.6 Å². The molecule has 2 aromatic rings. The first-order valence-electron chi connectivity index (χ1n) is 8.77. The fourth-order valence-corrected chi connectivity index (χ4v) is 3.50. The number of hydrogen-bond acceptors (Lipinski definition) is 8.